The molecule has 0 unspecified atom stereocenters. The van der Waals surface area contributed by atoms with E-state index in [-0.39, 0.29) is 5.56 Å². The summed E-state index contributed by atoms with van der Waals surface area (Å²) >= 11 is 0. The van der Waals surface area contributed by atoms with Crippen LogP contribution in [0.15, 0.2) is 42.5 Å². The molecule has 0 amide bonds. The summed E-state index contributed by atoms with van der Waals surface area (Å²) in [6, 6.07) is 9.69. The van der Waals surface area contributed by atoms with Gasteiger partial charge in [0, 0.05) is 12.2 Å². The average molecular weight is 309 g/mol. The second-order valence-corrected chi connectivity index (χ2v) is 4.83. The van der Waals surface area contributed by atoms with Gasteiger partial charge in [0.1, 0.15) is 0 Å². The van der Waals surface area contributed by atoms with Crippen LogP contribution >= 0.6 is 0 Å². The van der Waals surface area contributed by atoms with E-state index in [1.54, 1.807) is 19.1 Å². The molecule has 0 aliphatic heterocycles. The highest BCUT2D eigenvalue weighted by molar-refractivity contribution is 5.91. The fourth-order valence-electron chi connectivity index (χ4n) is 2.07. The van der Waals surface area contributed by atoms with E-state index in [2.05, 4.69) is 5.32 Å². The normalized spacial score (nSPS) is 11.3. The van der Waals surface area contributed by atoms with Gasteiger partial charge in [-0.05, 0) is 42.3 Å². The highest BCUT2D eigenvalue weighted by Crippen LogP contribution is 2.29. The van der Waals surface area contributed by atoms with E-state index in [1.165, 1.54) is 18.2 Å². The Labute approximate surface area is 125 Å². The first-order chi connectivity index (χ1) is 10.3. The van der Waals surface area contributed by atoms with E-state index in [1.807, 2.05) is 0 Å². The van der Waals surface area contributed by atoms with E-state index >= 15 is 0 Å². The van der Waals surface area contributed by atoms with Gasteiger partial charge in [0.25, 0.3) is 0 Å². The Bertz CT molecular complexity index is 679. The van der Waals surface area contributed by atoms with Crippen molar-refractivity contribution in [1.29, 1.82) is 0 Å². The van der Waals surface area contributed by atoms with Gasteiger partial charge < -0.3 is 10.4 Å². The Hall–Kier alpha value is -2.50. The largest absolute Gasteiger partial charge is 0.478 e. The fraction of sp³-hybridized carbons (Fsp3) is 0.188. The number of aromatic carboxylic acids is 1. The van der Waals surface area contributed by atoms with Crippen LogP contribution in [0, 0.1) is 6.92 Å². The van der Waals surface area contributed by atoms with Gasteiger partial charge in [-0.2, -0.15) is 13.2 Å². The summed E-state index contributed by atoms with van der Waals surface area (Å²) in [5.41, 5.74) is 1.40. The van der Waals surface area contributed by atoms with Crippen molar-refractivity contribution in [2.75, 3.05) is 5.32 Å². The predicted molar refractivity (Wildman–Crippen MR) is 76.9 cm³/mol. The zero-order valence-electron chi connectivity index (χ0n) is 11.7. The lowest BCUT2D eigenvalue weighted by Crippen LogP contribution is -2.07. The molecule has 0 heterocycles. The first-order valence-corrected chi connectivity index (χ1v) is 6.52. The summed E-state index contributed by atoms with van der Waals surface area (Å²) in [7, 11) is 0. The summed E-state index contributed by atoms with van der Waals surface area (Å²) in [4.78, 5) is 11.0. The molecular formula is C16H14F3NO2. The van der Waals surface area contributed by atoms with Crippen molar-refractivity contribution in [3.63, 3.8) is 0 Å². The third-order valence-corrected chi connectivity index (χ3v) is 3.33. The number of hydrogen-bond donors (Lipinski definition) is 2. The Kier molecular flexibility index (Phi) is 4.40. The molecule has 0 aromatic heterocycles. The molecule has 0 fully saturated rings. The van der Waals surface area contributed by atoms with Gasteiger partial charge in [0.05, 0.1) is 11.1 Å². The molecule has 0 atom stereocenters. The quantitative estimate of drug-likeness (QED) is 0.884. The summed E-state index contributed by atoms with van der Waals surface area (Å²) in [6.45, 7) is 1.99. The summed E-state index contributed by atoms with van der Waals surface area (Å²) < 4.78 is 37.4. The minimum Gasteiger partial charge on any atom is -0.478 e. The van der Waals surface area contributed by atoms with Crippen molar-refractivity contribution in [3.05, 3.63) is 64.7 Å². The molecule has 0 radical (unpaired) electrons. The lowest BCUT2D eigenvalue weighted by Gasteiger charge is -2.12. The molecule has 0 aliphatic carbocycles. The molecule has 0 bridgehead atoms. The van der Waals surface area contributed by atoms with E-state index in [0.29, 0.717) is 23.4 Å². The van der Waals surface area contributed by atoms with Gasteiger partial charge in [-0.1, -0.05) is 18.2 Å². The Morgan fingerprint density at radius 2 is 1.77 bits per heavy atom. The predicted octanol–water partition coefficient (Wildman–Crippen LogP) is 4.32. The fourth-order valence-corrected chi connectivity index (χ4v) is 2.07. The second kappa shape index (κ2) is 6.09. The van der Waals surface area contributed by atoms with Crippen molar-refractivity contribution in [1.82, 2.24) is 0 Å². The first-order valence-electron chi connectivity index (χ1n) is 6.52. The molecule has 2 aromatic carbocycles. The van der Waals surface area contributed by atoms with Crippen LogP contribution in [0.1, 0.15) is 27.0 Å². The molecule has 2 rings (SSSR count). The molecule has 0 saturated carbocycles. The number of alkyl halides is 3. The lowest BCUT2D eigenvalue weighted by molar-refractivity contribution is -0.137. The SMILES string of the molecule is Cc1c(NCc2ccc(C(F)(F)F)cc2)cccc1C(=O)O. The van der Waals surface area contributed by atoms with Gasteiger partial charge in [-0.25, -0.2) is 4.79 Å². The van der Waals surface area contributed by atoms with Crippen molar-refractivity contribution in [2.45, 2.75) is 19.6 Å². The number of anilines is 1. The average Bonchev–Trinajstić information content (AvgIpc) is 2.45. The minimum atomic E-state index is -4.35. The van der Waals surface area contributed by atoms with E-state index in [0.717, 1.165) is 12.1 Å². The first kappa shape index (κ1) is 15.9. The topological polar surface area (TPSA) is 49.3 Å². The van der Waals surface area contributed by atoms with Gasteiger partial charge in [0.15, 0.2) is 0 Å². The van der Waals surface area contributed by atoms with Crippen LogP contribution in [0.2, 0.25) is 0 Å². The van der Waals surface area contributed by atoms with E-state index < -0.39 is 17.7 Å². The molecule has 6 heteroatoms. The molecule has 3 nitrogen and oxygen atoms in total. The maximum atomic E-state index is 12.5. The van der Waals surface area contributed by atoms with Crippen LogP contribution in [0.4, 0.5) is 18.9 Å². The van der Waals surface area contributed by atoms with Crippen LogP contribution < -0.4 is 5.32 Å². The van der Waals surface area contributed by atoms with Gasteiger partial charge in [0.2, 0.25) is 0 Å². The molecule has 0 spiro atoms. The number of benzene rings is 2. The Morgan fingerprint density at radius 1 is 1.14 bits per heavy atom. The van der Waals surface area contributed by atoms with Crippen molar-refractivity contribution < 1.29 is 23.1 Å². The Balaban J connectivity index is 2.11. The number of carbonyl (C=O) groups is 1. The van der Waals surface area contributed by atoms with Crippen LogP contribution in [-0.4, -0.2) is 11.1 Å². The number of rotatable bonds is 4. The van der Waals surface area contributed by atoms with Crippen molar-refractivity contribution >= 4 is 11.7 Å². The zero-order valence-corrected chi connectivity index (χ0v) is 11.7. The molecule has 0 aliphatic rings. The zero-order chi connectivity index (χ0) is 16.3. The monoisotopic (exact) mass is 309 g/mol. The van der Waals surface area contributed by atoms with E-state index in [4.69, 9.17) is 5.11 Å². The number of halogens is 3. The maximum absolute atomic E-state index is 12.5. The van der Waals surface area contributed by atoms with Crippen molar-refractivity contribution in [2.24, 2.45) is 0 Å². The third-order valence-electron chi connectivity index (χ3n) is 3.33. The molecule has 22 heavy (non-hydrogen) atoms. The van der Waals surface area contributed by atoms with Crippen LogP contribution in [0.3, 0.4) is 0 Å². The van der Waals surface area contributed by atoms with Crippen molar-refractivity contribution in [3.8, 4) is 0 Å². The van der Waals surface area contributed by atoms with Crippen LogP contribution in [0.25, 0.3) is 0 Å². The molecule has 116 valence electrons. The number of carboxylic acids is 1. The molecule has 0 saturated heterocycles. The standard InChI is InChI=1S/C16H14F3NO2/c1-10-13(15(21)22)3-2-4-14(10)20-9-11-5-7-12(8-6-11)16(17,18)19/h2-8,20H,9H2,1H3,(H,21,22). The summed E-state index contributed by atoms with van der Waals surface area (Å²) in [6.07, 6.45) is -4.35. The second-order valence-electron chi connectivity index (χ2n) is 4.83. The highest BCUT2D eigenvalue weighted by Gasteiger charge is 2.29. The number of hydrogen-bond acceptors (Lipinski definition) is 2. The summed E-state index contributed by atoms with van der Waals surface area (Å²) in [5.74, 6) is -1.02. The number of nitrogens with one attached hydrogen (secondary N) is 1. The number of carboxylic acid groups (broad SMARTS) is 1. The third kappa shape index (κ3) is 3.58. The molecule has 2 N–H and O–H groups in total. The van der Waals surface area contributed by atoms with E-state index in [9.17, 15) is 18.0 Å². The summed E-state index contributed by atoms with van der Waals surface area (Å²) in [5, 5.41) is 12.1. The van der Waals surface area contributed by atoms with Gasteiger partial charge in [-0.3, -0.25) is 0 Å². The molecule has 2 aromatic rings. The van der Waals surface area contributed by atoms with Gasteiger partial charge in [-0.15, -0.1) is 0 Å². The minimum absolute atomic E-state index is 0.192. The van der Waals surface area contributed by atoms with Gasteiger partial charge >= 0.3 is 12.1 Å². The lowest BCUT2D eigenvalue weighted by atomic mass is 10.1. The maximum Gasteiger partial charge on any atom is 0.416 e. The molecular weight excluding hydrogens is 295 g/mol. The smallest absolute Gasteiger partial charge is 0.416 e. The Morgan fingerprint density at radius 3 is 2.32 bits per heavy atom. The van der Waals surface area contributed by atoms with Crippen LogP contribution in [0.5, 0.6) is 0 Å². The highest BCUT2D eigenvalue weighted by atomic mass is 19.4. The van der Waals surface area contributed by atoms with Crippen LogP contribution in [-0.2, 0) is 12.7 Å².